The Morgan fingerprint density at radius 1 is 0.926 bits per heavy atom. The Hall–Kier alpha value is -2.90. The standard InChI is InChI=1S/C19H20F3NO4/c1-23(2)18(24)27-17-7-4-3-6-16(17)26-13-5-12-25-15-10-8-14(9-11-15)19(20,21)22/h3-4,6-11H,5,12-13H2,1-2H3. The van der Waals surface area contributed by atoms with Gasteiger partial charge in [0.2, 0.25) is 0 Å². The van der Waals surface area contributed by atoms with Gasteiger partial charge in [-0.05, 0) is 36.4 Å². The lowest BCUT2D eigenvalue weighted by molar-refractivity contribution is -0.137. The van der Waals surface area contributed by atoms with Crippen LogP contribution in [0.15, 0.2) is 48.5 Å². The maximum Gasteiger partial charge on any atom is 0.416 e. The van der Waals surface area contributed by atoms with Crippen LogP contribution in [0.25, 0.3) is 0 Å². The van der Waals surface area contributed by atoms with Crippen LogP contribution >= 0.6 is 0 Å². The number of halogens is 3. The molecule has 0 heterocycles. The summed E-state index contributed by atoms with van der Waals surface area (Å²) in [5.74, 6) is 1.07. The van der Waals surface area contributed by atoms with Gasteiger partial charge in [-0.15, -0.1) is 0 Å². The van der Waals surface area contributed by atoms with Gasteiger partial charge in [0.1, 0.15) is 5.75 Å². The first-order valence-corrected chi connectivity index (χ1v) is 8.18. The first-order chi connectivity index (χ1) is 12.8. The van der Waals surface area contributed by atoms with Crippen molar-refractivity contribution in [3.8, 4) is 17.2 Å². The summed E-state index contributed by atoms with van der Waals surface area (Å²) in [6.45, 7) is 0.558. The Balaban J connectivity index is 1.78. The molecule has 1 amide bonds. The van der Waals surface area contributed by atoms with E-state index in [1.165, 1.54) is 17.0 Å². The van der Waals surface area contributed by atoms with E-state index in [-0.39, 0.29) is 13.2 Å². The molecule has 0 radical (unpaired) electrons. The third-order valence-electron chi connectivity index (χ3n) is 3.41. The van der Waals surface area contributed by atoms with E-state index in [1.807, 2.05) is 0 Å². The first-order valence-electron chi connectivity index (χ1n) is 8.18. The van der Waals surface area contributed by atoms with Crippen LogP contribution in [0.1, 0.15) is 12.0 Å². The number of rotatable bonds is 7. The summed E-state index contributed by atoms with van der Waals surface area (Å²) in [5, 5.41) is 0. The highest BCUT2D eigenvalue weighted by Gasteiger charge is 2.29. The van der Waals surface area contributed by atoms with E-state index in [4.69, 9.17) is 14.2 Å². The summed E-state index contributed by atoms with van der Waals surface area (Å²) in [6, 6.07) is 11.3. The van der Waals surface area contributed by atoms with Gasteiger partial charge in [-0.1, -0.05) is 12.1 Å². The van der Waals surface area contributed by atoms with Crippen LogP contribution in [0.4, 0.5) is 18.0 Å². The first kappa shape index (κ1) is 20.4. The summed E-state index contributed by atoms with van der Waals surface area (Å²) >= 11 is 0. The molecule has 0 spiro atoms. The summed E-state index contributed by atoms with van der Waals surface area (Å²) in [5.41, 5.74) is -0.720. The molecule has 0 aromatic heterocycles. The molecule has 146 valence electrons. The summed E-state index contributed by atoms with van der Waals surface area (Å²) in [4.78, 5) is 12.9. The van der Waals surface area contributed by atoms with E-state index < -0.39 is 17.8 Å². The van der Waals surface area contributed by atoms with Crippen molar-refractivity contribution in [3.05, 3.63) is 54.1 Å². The quantitative estimate of drug-likeness (QED) is 0.655. The van der Waals surface area contributed by atoms with Gasteiger partial charge in [-0.3, -0.25) is 0 Å². The van der Waals surface area contributed by atoms with E-state index in [0.29, 0.717) is 23.7 Å². The zero-order chi connectivity index (χ0) is 19.9. The third kappa shape index (κ3) is 6.40. The Morgan fingerprint density at radius 2 is 1.52 bits per heavy atom. The van der Waals surface area contributed by atoms with Crippen LogP contribution in [0, 0.1) is 0 Å². The normalized spacial score (nSPS) is 11.0. The van der Waals surface area contributed by atoms with Crippen molar-refractivity contribution < 1.29 is 32.2 Å². The van der Waals surface area contributed by atoms with Crippen molar-refractivity contribution in [3.63, 3.8) is 0 Å². The SMILES string of the molecule is CN(C)C(=O)Oc1ccccc1OCCCOc1ccc(C(F)(F)F)cc1. The molecule has 0 fully saturated rings. The minimum Gasteiger partial charge on any atom is -0.493 e. The van der Waals surface area contributed by atoms with Crippen LogP contribution in [0.5, 0.6) is 17.2 Å². The van der Waals surface area contributed by atoms with Crippen LogP contribution in [-0.2, 0) is 6.18 Å². The molecule has 0 atom stereocenters. The predicted molar refractivity (Wildman–Crippen MR) is 93.2 cm³/mol. The lowest BCUT2D eigenvalue weighted by Crippen LogP contribution is -2.25. The van der Waals surface area contributed by atoms with Crippen LogP contribution in [-0.4, -0.2) is 38.3 Å². The number of nitrogens with zero attached hydrogens (tertiary/aromatic N) is 1. The molecule has 2 aromatic carbocycles. The van der Waals surface area contributed by atoms with Crippen molar-refractivity contribution in [1.82, 2.24) is 4.90 Å². The number of carbonyl (C=O) groups excluding carboxylic acids is 1. The molecule has 2 rings (SSSR count). The molecule has 0 saturated carbocycles. The number of hydrogen-bond donors (Lipinski definition) is 0. The highest BCUT2D eigenvalue weighted by atomic mass is 19.4. The largest absolute Gasteiger partial charge is 0.493 e. The second-order valence-corrected chi connectivity index (χ2v) is 5.78. The van der Waals surface area contributed by atoms with E-state index in [9.17, 15) is 18.0 Å². The van der Waals surface area contributed by atoms with Crippen LogP contribution < -0.4 is 14.2 Å². The zero-order valence-corrected chi connectivity index (χ0v) is 15.0. The van der Waals surface area contributed by atoms with Gasteiger partial charge < -0.3 is 19.1 Å². The Bertz CT molecular complexity index is 745. The Kier molecular flexibility index (Phi) is 6.92. The van der Waals surface area contributed by atoms with Crippen molar-refractivity contribution in [2.75, 3.05) is 27.3 Å². The van der Waals surface area contributed by atoms with Gasteiger partial charge in [0.25, 0.3) is 0 Å². The average molecular weight is 383 g/mol. The molecule has 0 N–H and O–H groups in total. The van der Waals surface area contributed by atoms with Crippen molar-refractivity contribution in [2.45, 2.75) is 12.6 Å². The lowest BCUT2D eigenvalue weighted by atomic mass is 10.2. The smallest absolute Gasteiger partial charge is 0.416 e. The molecule has 0 unspecified atom stereocenters. The monoisotopic (exact) mass is 383 g/mol. The summed E-state index contributed by atoms with van der Waals surface area (Å²) in [6.07, 6.45) is -4.39. The molecule has 0 aliphatic rings. The second-order valence-electron chi connectivity index (χ2n) is 5.78. The third-order valence-corrected chi connectivity index (χ3v) is 3.41. The summed E-state index contributed by atoms with van der Waals surface area (Å²) in [7, 11) is 3.15. The van der Waals surface area contributed by atoms with Crippen LogP contribution in [0.2, 0.25) is 0 Å². The minimum atomic E-state index is -4.37. The van der Waals surface area contributed by atoms with Crippen LogP contribution in [0.3, 0.4) is 0 Å². The van der Waals surface area contributed by atoms with E-state index in [0.717, 1.165) is 12.1 Å². The number of benzene rings is 2. The van der Waals surface area contributed by atoms with Gasteiger partial charge in [-0.25, -0.2) is 4.79 Å². The van der Waals surface area contributed by atoms with Crippen molar-refractivity contribution in [1.29, 1.82) is 0 Å². The Labute approximate surface area is 155 Å². The average Bonchev–Trinajstić information content (AvgIpc) is 2.62. The topological polar surface area (TPSA) is 48.0 Å². The molecule has 8 heteroatoms. The molecule has 0 aliphatic carbocycles. The number of amides is 1. The minimum absolute atomic E-state index is 0.269. The number of carbonyl (C=O) groups is 1. The fourth-order valence-corrected chi connectivity index (χ4v) is 2.01. The zero-order valence-electron chi connectivity index (χ0n) is 15.0. The number of alkyl halides is 3. The molecule has 0 bridgehead atoms. The molecule has 0 saturated heterocycles. The molecule has 0 aliphatic heterocycles. The molecular formula is C19H20F3NO4. The number of hydrogen-bond acceptors (Lipinski definition) is 4. The fraction of sp³-hybridized carbons (Fsp3) is 0.316. The molecular weight excluding hydrogens is 363 g/mol. The highest BCUT2D eigenvalue weighted by Crippen LogP contribution is 2.30. The number of ether oxygens (including phenoxy) is 3. The number of para-hydroxylation sites is 2. The second kappa shape index (κ2) is 9.16. The van der Waals surface area contributed by atoms with Gasteiger partial charge in [0.05, 0.1) is 18.8 Å². The van der Waals surface area contributed by atoms with Gasteiger partial charge in [0.15, 0.2) is 11.5 Å². The van der Waals surface area contributed by atoms with E-state index >= 15 is 0 Å². The fourth-order valence-electron chi connectivity index (χ4n) is 2.01. The Morgan fingerprint density at radius 3 is 2.11 bits per heavy atom. The van der Waals surface area contributed by atoms with Crippen molar-refractivity contribution >= 4 is 6.09 Å². The molecule has 27 heavy (non-hydrogen) atoms. The van der Waals surface area contributed by atoms with E-state index in [1.54, 1.807) is 38.4 Å². The molecule has 2 aromatic rings. The van der Waals surface area contributed by atoms with Gasteiger partial charge in [0, 0.05) is 20.5 Å². The highest BCUT2D eigenvalue weighted by molar-refractivity contribution is 5.71. The van der Waals surface area contributed by atoms with Gasteiger partial charge >= 0.3 is 12.3 Å². The van der Waals surface area contributed by atoms with Gasteiger partial charge in [-0.2, -0.15) is 13.2 Å². The molecule has 5 nitrogen and oxygen atoms in total. The van der Waals surface area contributed by atoms with Crippen molar-refractivity contribution in [2.24, 2.45) is 0 Å². The summed E-state index contributed by atoms with van der Waals surface area (Å²) < 4.78 is 53.7. The van der Waals surface area contributed by atoms with E-state index in [2.05, 4.69) is 0 Å². The predicted octanol–water partition coefficient (Wildman–Crippen LogP) is 4.61. The maximum atomic E-state index is 12.5. The maximum absolute atomic E-state index is 12.5. The lowest BCUT2D eigenvalue weighted by Gasteiger charge is -2.14.